The van der Waals surface area contributed by atoms with Gasteiger partial charge in [0.25, 0.3) is 0 Å². The first-order valence-electron chi connectivity index (χ1n) is 4.52. The van der Waals surface area contributed by atoms with Crippen molar-refractivity contribution in [3.63, 3.8) is 0 Å². The van der Waals surface area contributed by atoms with Crippen molar-refractivity contribution in [2.75, 3.05) is 5.73 Å². The molecule has 0 aliphatic rings. The SMILES string of the molecule is Cc1cc(Oc2ncnc(Cl)c2N)n(C)n1. The molecule has 0 saturated heterocycles. The number of nitrogens with two attached hydrogens (primary N) is 1. The van der Waals surface area contributed by atoms with E-state index in [0.717, 1.165) is 5.69 Å². The van der Waals surface area contributed by atoms with Gasteiger partial charge in [-0.2, -0.15) is 10.1 Å². The number of hydrogen-bond donors (Lipinski definition) is 1. The standard InChI is InChI=1S/C9H10ClN5O/c1-5-3-6(15(2)14-5)16-9-7(11)8(10)12-4-13-9/h3-4H,11H2,1-2H3. The molecule has 0 bridgehead atoms. The molecule has 2 heterocycles. The smallest absolute Gasteiger partial charge is 0.249 e. The van der Waals surface area contributed by atoms with Crippen molar-refractivity contribution in [1.82, 2.24) is 19.7 Å². The van der Waals surface area contributed by atoms with E-state index in [1.165, 1.54) is 6.33 Å². The van der Waals surface area contributed by atoms with Crippen LogP contribution in [0.25, 0.3) is 0 Å². The number of ether oxygens (including phenoxy) is 1. The Morgan fingerprint density at radius 2 is 2.19 bits per heavy atom. The summed E-state index contributed by atoms with van der Waals surface area (Å²) >= 11 is 5.75. The van der Waals surface area contributed by atoms with E-state index < -0.39 is 0 Å². The van der Waals surface area contributed by atoms with Crippen LogP contribution < -0.4 is 10.5 Å². The van der Waals surface area contributed by atoms with Crippen LogP contribution in [0.3, 0.4) is 0 Å². The van der Waals surface area contributed by atoms with Crippen molar-refractivity contribution in [3.05, 3.63) is 23.2 Å². The molecule has 2 rings (SSSR count). The lowest BCUT2D eigenvalue weighted by atomic mass is 10.5. The minimum absolute atomic E-state index is 0.170. The molecule has 0 aliphatic carbocycles. The van der Waals surface area contributed by atoms with Gasteiger partial charge in [-0.25, -0.2) is 9.67 Å². The second-order valence-electron chi connectivity index (χ2n) is 3.23. The highest BCUT2D eigenvalue weighted by Gasteiger charge is 2.11. The predicted octanol–water partition coefficient (Wildman–Crippen LogP) is 1.55. The maximum Gasteiger partial charge on any atom is 0.249 e. The molecular weight excluding hydrogens is 230 g/mol. The molecule has 2 N–H and O–H groups in total. The Bertz CT molecular complexity index is 525. The molecule has 7 heteroatoms. The molecule has 6 nitrogen and oxygen atoms in total. The summed E-state index contributed by atoms with van der Waals surface area (Å²) in [5, 5.41) is 4.30. The third-order valence-corrected chi connectivity index (χ3v) is 2.26. The van der Waals surface area contributed by atoms with Gasteiger partial charge < -0.3 is 10.5 Å². The van der Waals surface area contributed by atoms with E-state index in [4.69, 9.17) is 22.1 Å². The zero-order chi connectivity index (χ0) is 11.7. The first-order chi connectivity index (χ1) is 7.58. The van der Waals surface area contributed by atoms with Gasteiger partial charge in [0.1, 0.15) is 12.0 Å². The van der Waals surface area contributed by atoms with Gasteiger partial charge in [0, 0.05) is 13.1 Å². The number of nitrogens with zero attached hydrogens (tertiary/aromatic N) is 4. The molecule has 0 atom stereocenters. The normalized spacial score (nSPS) is 10.4. The second kappa shape index (κ2) is 3.97. The van der Waals surface area contributed by atoms with Gasteiger partial charge in [-0.15, -0.1) is 0 Å². The first-order valence-corrected chi connectivity index (χ1v) is 4.90. The number of halogens is 1. The first kappa shape index (κ1) is 10.7. The van der Waals surface area contributed by atoms with E-state index in [1.54, 1.807) is 17.8 Å². The summed E-state index contributed by atoms with van der Waals surface area (Å²) in [7, 11) is 1.77. The highest BCUT2D eigenvalue weighted by Crippen LogP contribution is 2.28. The number of aryl methyl sites for hydroxylation is 2. The summed E-state index contributed by atoms with van der Waals surface area (Å²) in [6.07, 6.45) is 1.29. The van der Waals surface area contributed by atoms with Crippen molar-refractivity contribution >= 4 is 17.3 Å². The molecule has 0 saturated carbocycles. The minimum Gasteiger partial charge on any atom is -0.419 e. The molecule has 0 fully saturated rings. The molecule has 0 amide bonds. The Labute approximate surface area is 97.0 Å². The Morgan fingerprint density at radius 3 is 2.81 bits per heavy atom. The van der Waals surface area contributed by atoms with Crippen LogP contribution in [-0.2, 0) is 7.05 Å². The number of rotatable bonds is 2. The summed E-state index contributed by atoms with van der Waals surface area (Å²) in [5.74, 6) is 0.766. The van der Waals surface area contributed by atoms with E-state index in [0.29, 0.717) is 5.88 Å². The zero-order valence-corrected chi connectivity index (χ0v) is 9.56. The van der Waals surface area contributed by atoms with E-state index >= 15 is 0 Å². The predicted molar refractivity (Wildman–Crippen MR) is 59.5 cm³/mol. The maximum absolute atomic E-state index is 5.75. The molecular formula is C9H10ClN5O. The minimum atomic E-state index is 0.170. The topological polar surface area (TPSA) is 78.9 Å². The fraction of sp³-hybridized carbons (Fsp3) is 0.222. The number of nitrogen functional groups attached to an aromatic ring is 1. The maximum atomic E-state index is 5.75. The number of aromatic nitrogens is 4. The third-order valence-electron chi connectivity index (χ3n) is 1.96. The molecule has 0 aliphatic heterocycles. The van der Waals surface area contributed by atoms with Gasteiger partial charge in [0.2, 0.25) is 11.8 Å². The van der Waals surface area contributed by atoms with Crippen molar-refractivity contribution < 1.29 is 4.74 Å². The monoisotopic (exact) mass is 239 g/mol. The molecule has 2 aromatic heterocycles. The molecule has 16 heavy (non-hydrogen) atoms. The molecule has 84 valence electrons. The Hall–Kier alpha value is -1.82. The van der Waals surface area contributed by atoms with Gasteiger partial charge in [0.05, 0.1) is 5.69 Å². The Morgan fingerprint density at radius 1 is 1.44 bits per heavy atom. The highest BCUT2D eigenvalue weighted by molar-refractivity contribution is 6.32. The van der Waals surface area contributed by atoms with Crippen LogP contribution in [0.4, 0.5) is 5.69 Å². The molecule has 0 radical (unpaired) electrons. The van der Waals surface area contributed by atoms with Gasteiger partial charge in [-0.3, -0.25) is 0 Å². The summed E-state index contributed by atoms with van der Waals surface area (Å²) in [6, 6.07) is 1.77. The largest absolute Gasteiger partial charge is 0.419 e. The van der Waals surface area contributed by atoms with E-state index in [9.17, 15) is 0 Å². The number of anilines is 1. The molecule has 2 aromatic rings. The third kappa shape index (κ3) is 1.92. The summed E-state index contributed by atoms with van der Waals surface area (Å²) in [6.45, 7) is 1.86. The van der Waals surface area contributed by atoms with Gasteiger partial charge in [-0.1, -0.05) is 11.6 Å². The summed E-state index contributed by atoms with van der Waals surface area (Å²) in [4.78, 5) is 7.64. The lowest BCUT2D eigenvalue weighted by Gasteiger charge is -2.06. The molecule has 0 unspecified atom stereocenters. The van der Waals surface area contributed by atoms with E-state index in [1.807, 2.05) is 6.92 Å². The van der Waals surface area contributed by atoms with Crippen LogP contribution in [0, 0.1) is 6.92 Å². The van der Waals surface area contributed by atoms with Crippen LogP contribution in [-0.4, -0.2) is 19.7 Å². The zero-order valence-electron chi connectivity index (χ0n) is 8.81. The number of hydrogen-bond acceptors (Lipinski definition) is 5. The summed E-state index contributed by atoms with van der Waals surface area (Å²) < 4.78 is 7.07. The molecule has 0 spiro atoms. The fourth-order valence-corrected chi connectivity index (χ4v) is 1.35. The average molecular weight is 240 g/mol. The van der Waals surface area contributed by atoms with Crippen LogP contribution in [0.2, 0.25) is 5.15 Å². The van der Waals surface area contributed by atoms with Crippen LogP contribution in [0.15, 0.2) is 12.4 Å². The van der Waals surface area contributed by atoms with Crippen molar-refractivity contribution in [2.24, 2.45) is 7.05 Å². The Kier molecular flexibility index (Phi) is 2.66. The quantitative estimate of drug-likeness (QED) is 0.805. The van der Waals surface area contributed by atoms with Crippen LogP contribution in [0.5, 0.6) is 11.8 Å². The lowest BCUT2D eigenvalue weighted by molar-refractivity contribution is 0.416. The van der Waals surface area contributed by atoms with Crippen LogP contribution in [0.1, 0.15) is 5.69 Å². The van der Waals surface area contributed by atoms with Gasteiger partial charge in [0.15, 0.2) is 5.15 Å². The highest BCUT2D eigenvalue weighted by atomic mass is 35.5. The average Bonchev–Trinajstić information content (AvgIpc) is 2.53. The molecule has 0 aromatic carbocycles. The van der Waals surface area contributed by atoms with Crippen molar-refractivity contribution in [1.29, 1.82) is 0 Å². The van der Waals surface area contributed by atoms with Crippen molar-refractivity contribution in [2.45, 2.75) is 6.92 Å². The van der Waals surface area contributed by atoms with Gasteiger partial charge in [-0.05, 0) is 6.92 Å². The lowest BCUT2D eigenvalue weighted by Crippen LogP contribution is -2.00. The van der Waals surface area contributed by atoms with Gasteiger partial charge >= 0.3 is 0 Å². The van der Waals surface area contributed by atoms with E-state index in [-0.39, 0.29) is 16.7 Å². The fourth-order valence-electron chi connectivity index (χ4n) is 1.22. The van der Waals surface area contributed by atoms with Crippen LogP contribution >= 0.6 is 11.6 Å². The Balaban J connectivity index is 2.34. The van der Waals surface area contributed by atoms with E-state index in [2.05, 4.69) is 15.1 Å². The van der Waals surface area contributed by atoms with Crippen molar-refractivity contribution in [3.8, 4) is 11.8 Å². The summed E-state index contributed by atoms with van der Waals surface area (Å²) in [5.41, 5.74) is 6.73. The second-order valence-corrected chi connectivity index (χ2v) is 3.59.